The molecule has 1 N–H and O–H groups in total. The first-order chi connectivity index (χ1) is 13.5. The van der Waals surface area contributed by atoms with Crippen LogP contribution in [0.15, 0.2) is 47.6 Å². The molecule has 1 aliphatic rings. The summed E-state index contributed by atoms with van der Waals surface area (Å²) in [6, 6.07) is 9.77. The SMILES string of the molecule is COc1ccc2c(c1)S[C@H](c1ccc(F)cc1F)CCN2Cc1nc[nH]c1C. The van der Waals surface area contributed by atoms with Crippen molar-refractivity contribution in [2.24, 2.45) is 0 Å². The van der Waals surface area contributed by atoms with Gasteiger partial charge in [-0.3, -0.25) is 0 Å². The molecule has 1 aliphatic heterocycles. The van der Waals surface area contributed by atoms with Crippen molar-refractivity contribution in [1.82, 2.24) is 9.97 Å². The van der Waals surface area contributed by atoms with Crippen LogP contribution in [0.2, 0.25) is 0 Å². The lowest BCUT2D eigenvalue weighted by Gasteiger charge is -2.24. The van der Waals surface area contributed by atoms with E-state index >= 15 is 0 Å². The van der Waals surface area contributed by atoms with Crippen molar-refractivity contribution in [3.8, 4) is 5.75 Å². The highest BCUT2D eigenvalue weighted by Gasteiger charge is 2.26. The summed E-state index contributed by atoms with van der Waals surface area (Å²) in [5, 5.41) is -0.114. The molecule has 1 atom stereocenters. The molecule has 0 spiro atoms. The number of aromatic nitrogens is 2. The van der Waals surface area contributed by atoms with Gasteiger partial charge in [-0.2, -0.15) is 0 Å². The molecule has 0 saturated heterocycles. The smallest absolute Gasteiger partial charge is 0.130 e. The van der Waals surface area contributed by atoms with E-state index < -0.39 is 11.6 Å². The number of hydrogen-bond acceptors (Lipinski definition) is 4. The number of rotatable bonds is 4. The number of nitrogens with one attached hydrogen (secondary N) is 1. The Morgan fingerprint density at radius 1 is 1.25 bits per heavy atom. The maximum atomic E-state index is 14.4. The van der Waals surface area contributed by atoms with E-state index in [0.717, 1.165) is 46.8 Å². The number of halogens is 2. The summed E-state index contributed by atoms with van der Waals surface area (Å²) in [7, 11) is 1.63. The highest BCUT2D eigenvalue weighted by atomic mass is 32.2. The number of H-pyrrole nitrogens is 1. The van der Waals surface area contributed by atoms with E-state index in [-0.39, 0.29) is 5.25 Å². The lowest BCUT2D eigenvalue weighted by Crippen LogP contribution is -2.24. The predicted octanol–water partition coefficient (Wildman–Crippen LogP) is 5.25. The minimum absolute atomic E-state index is 0.114. The minimum Gasteiger partial charge on any atom is -0.497 e. The van der Waals surface area contributed by atoms with E-state index in [9.17, 15) is 8.78 Å². The first-order valence-corrected chi connectivity index (χ1v) is 9.96. The molecule has 146 valence electrons. The number of benzene rings is 2. The van der Waals surface area contributed by atoms with Crippen molar-refractivity contribution in [1.29, 1.82) is 0 Å². The van der Waals surface area contributed by atoms with E-state index in [1.807, 2.05) is 25.1 Å². The zero-order valence-corrected chi connectivity index (χ0v) is 16.5. The van der Waals surface area contributed by atoms with Gasteiger partial charge in [-0.15, -0.1) is 11.8 Å². The number of imidazole rings is 1. The van der Waals surface area contributed by atoms with Crippen molar-refractivity contribution in [3.05, 3.63) is 71.3 Å². The topological polar surface area (TPSA) is 41.1 Å². The molecule has 0 bridgehead atoms. The van der Waals surface area contributed by atoms with Crippen LogP contribution in [0.3, 0.4) is 0 Å². The Hall–Kier alpha value is -2.54. The number of anilines is 1. The summed E-state index contributed by atoms with van der Waals surface area (Å²) in [5.74, 6) is -0.307. The number of thioether (sulfide) groups is 1. The van der Waals surface area contributed by atoms with Gasteiger partial charge in [0.1, 0.15) is 17.4 Å². The van der Waals surface area contributed by atoms with Crippen molar-refractivity contribution >= 4 is 17.4 Å². The average molecular weight is 401 g/mol. The zero-order chi connectivity index (χ0) is 19.7. The maximum absolute atomic E-state index is 14.4. The van der Waals surface area contributed by atoms with Crippen LogP contribution in [-0.4, -0.2) is 23.6 Å². The van der Waals surface area contributed by atoms with Gasteiger partial charge in [0.15, 0.2) is 0 Å². The molecule has 0 radical (unpaired) electrons. The van der Waals surface area contributed by atoms with Crippen molar-refractivity contribution in [2.45, 2.75) is 30.0 Å². The predicted molar refractivity (Wildman–Crippen MR) is 107 cm³/mol. The van der Waals surface area contributed by atoms with Gasteiger partial charge in [0.25, 0.3) is 0 Å². The monoisotopic (exact) mass is 401 g/mol. The highest BCUT2D eigenvalue weighted by Crippen LogP contribution is 2.47. The van der Waals surface area contributed by atoms with Crippen LogP contribution in [0, 0.1) is 18.6 Å². The lowest BCUT2D eigenvalue weighted by atomic mass is 10.1. The molecule has 0 fully saturated rings. The van der Waals surface area contributed by atoms with Gasteiger partial charge in [0, 0.05) is 34.0 Å². The fourth-order valence-electron chi connectivity index (χ4n) is 3.46. The van der Waals surface area contributed by atoms with Crippen LogP contribution >= 0.6 is 11.8 Å². The molecular weight excluding hydrogens is 380 g/mol. The van der Waals surface area contributed by atoms with Crippen LogP contribution in [0.5, 0.6) is 5.75 Å². The molecule has 4 rings (SSSR count). The summed E-state index contributed by atoms with van der Waals surface area (Å²) in [4.78, 5) is 10.8. The van der Waals surface area contributed by atoms with E-state index in [4.69, 9.17) is 4.74 Å². The maximum Gasteiger partial charge on any atom is 0.130 e. The second kappa shape index (κ2) is 7.83. The van der Waals surface area contributed by atoms with Crippen LogP contribution in [0.25, 0.3) is 0 Å². The third-order valence-electron chi connectivity index (χ3n) is 5.02. The molecule has 0 unspecified atom stereocenters. The molecule has 1 aromatic heterocycles. The Bertz CT molecular complexity index is 992. The second-order valence-corrected chi connectivity index (χ2v) is 8.04. The third kappa shape index (κ3) is 3.71. The van der Waals surface area contributed by atoms with Crippen molar-refractivity contribution < 1.29 is 13.5 Å². The van der Waals surface area contributed by atoms with E-state index in [1.165, 1.54) is 6.07 Å². The molecule has 28 heavy (non-hydrogen) atoms. The largest absolute Gasteiger partial charge is 0.497 e. The number of nitrogens with zero attached hydrogens (tertiary/aromatic N) is 2. The quantitative estimate of drug-likeness (QED) is 0.648. The van der Waals surface area contributed by atoms with Crippen LogP contribution in [-0.2, 0) is 6.54 Å². The first kappa shape index (κ1) is 18.8. The van der Waals surface area contributed by atoms with Gasteiger partial charge >= 0.3 is 0 Å². The Kier molecular flexibility index (Phi) is 5.26. The number of fused-ring (bicyclic) bond motifs is 1. The van der Waals surface area contributed by atoms with Crippen molar-refractivity contribution in [2.75, 3.05) is 18.6 Å². The molecule has 7 heteroatoms. The van der Waals surface area contributed by atoms with Crippen molar-refractivity contribution in [3.63, 3.8) is 0 Å². The fraction of sp³-hybridized carbons (Fsp3) is 0.286. The van der Waals surface area contributed by atoms with Gasteiger partial charge in [-0.25, -0.2) is 13.8 Å². The lowest BCUT2D eigenvalue weighted by molar-refractivity contribution is 0.413. The van der Waals surface area contributed by atoms with Gasteiger partial charge in [0.05, 0.1) is 31.4 Å². The number of aryl methyl sites for hydroxylation is 1. The number of ether oxygens (including phenoxy) is 1. The summed E-state index contributed by atoms with van der Waals surface area (Å²) in [5.41, 5.74) is 3.61. The zero-order valence-electron chi connectivity index (χ0n) is 15.7. The Morgan fingerprint density at radius 2 is 2.11 bits per heavy atom. The van der Waals surface area contributed by atoms with Crippen LogP contribution in [0.1, 0.15) is 28.6 Å². The summed E-state index contributed by atoms with van der Waals surface area (Å²) in [6.07, 6.45) is 2.43. The van der Waals surface area contributed by atoms with Crippen LogP contribution < -0.4 is 9.64 Å². The molecule has 0 amide bonds. The third-order valence-corrected chi connectivity index (χ3v) is 6.38. The molecule has 2 aromatic carbocycles. The van der Waals surface area contributed by atoms with Gasteiger partial charge in [0.2, 0.25) is 0 Å². The first-order valence-electron chi connectivity index (χ1n) is 9.08. The molecule has 0 saturated carbocycles. The van der Waals surface area contributed by atoms with E-state index in [2.05, 4.69) is 14.9 Å². The Morgan fingerprint density at radius 3 is 2.82 bits per heavy atom. The summed E-state index contributed by atoms with van der Waals surface area (Å²) >= 11 is 1.59. The van der Waals surface area contributed by atoms with Gasteiger partial charge < -0.3 is 14.6 Å². The molecule has 0 aliphatic carbocycles. The number of hydrogen-bond donors (Lipinski definition) is 1. The van der Waals surface area contributed by atoms with Crippen LogP contribution in [0.4, 0.5) is 14.5 Å². The highest BCUT2D eigenvalue weighted by molar-refractivity contribution is 7.99. The number of methoxy groups -OCH3 is 1. The van der Waals surface area contributed by atoms with Gasteiger partial charge in [-0.05, 0) is 37.6 Å². The Labute approximate surface area is 166 Å². The number of aromatic amines is 1. The Balaban J connectivity index is 1.70. The average Bonchev–Trinajstić information content (AvgIpc) is 2.99. The molecule has 4 nitrogen and oxygen atoms in total. The van der Waals surface area contributed by atoms with E-state index in [0.29, 0.717) is 12.1 Å². The molecule has 2 heterocycles. The fourth-order valence-corrected chi connectivity index (χ4v) is 4.81. The minimum atomic E-state index is -0.558. The molecule has 3 aromatic rings. The molecular formula is C21H21F2N3OS. The van der Waals surface area contributed by atoms with E-state index in [1.54, 1.807) is 31.3 Å². The van der Waals surface area contributed by atoms with Gasteiger partial charge in [-0.1, -0.05) is 6.07 Å². The second-order valence-electron chi connectivity index (χ2n) is 6.79. The standard InChI is InChI=1S/C21H21F2N3OS/c1-13-18(25-12-24-13)11-26-8-7-20(16-5-3-14(22)9-17(16)23)28-21-10-15(27-2)4-6-19(21)26/h3-6,9-10,12,20H,7-8,11H2,1-2H3,(H,24,25)/t20-/m0/s1. The summed E-state index contributed by atoms with van der Waals surface area (Å²) < 4.78 is 33.2. The summed E-state index contributed by atoms with van der Waals surface area (Å²) in [6.45, 7) is 3.40. The normalized spacial score (nSPS) is 16.6.